The van der Waals surface area contributed by atoms with Gasteiger partial charge in [-0.1, -0.05) is 15.9 Å². The molecule has 0 bridgehead atoms. The van der Waals surface area contributed by atoms with E-state index in [1.165, 1.54) is 6.20 Å². The average molecular weight is 292 g/mol. The smallest absolute Gasteiger partial charge is 0.343 e. The van der Waals surface area contributed by atoms with E-state index in [9.17, 15) is 4.79 Å². The second kappa shape index (κ2) is 5.10. The quantitative estimate of drug-likeness (QED) is 0.797. The number of rotatable bonds is 2. The fraction of sp³-hybridized carbons (Fsp3) is 0.0769. The second-order valence-corrected chi connectivity index (χ2v) is 4.45. The molecule has 1 heterocycles. The molecule has 0 spiro atoms. The molecule has 0 aliphatic rings. The van der Waals surface area contributed by atoms with Gasteiger partial charge in [-0.05, 0) is 43.3 Å². The van der Waals surface area contributed by atoms with Crippen molar-refractivity contribution >= 4 is 21.9 Å². The zero-order valence-electron chi connectivity index (χ0n) is 9.18. The Morgan fingerprint density at radius 3 is 2.47 bits per heavy atom. The number of carbonyl (C=O) groups excluding carboxylic acids is 1. The summed E-state index contributed by atoms with van der Waals surface area (Å²) in [4.78, 5) is 15.8. The lowest BCUT2D eigenvalue weighted by Gasteiger charge is -2.04. The van der Waals surface area contributed by atoms with Crippen molar-refractivity contribution in [2.45, 2.75) is 6.92 Å². The van der Waals surface area contributed by atoms with E-state index in [2.05, 4.69) is 20.9 Å². The van der Waals surface area contributed by atoms with Gasteiger partial charge in [0.05, 0.1) is 11.8 Å². The number of halogens is 1. The number of pyridine rings is 1. The van der Waals surface area contributed by atoms with E-state index >= 15 is 0 Å². The number of esters is 1. The number of benzene rings is 1. The fourth-order valence-corrected chi connectivity index (χ4v) is 1.53. The van der Waals surface area contributed by atoms with E-state index in [1.807, 2.05) is 6.92 Å². The predicted molar refractivity (Wildman–Crippen MR) is 68.1 cm³/mol. The van der Waals surface area contributed by atoms with E-state index in [1.54, 1.807) is 36.4 Å². The van der Waals surface area contributed by atoms with Crippen LogP contribution in [0.25, 0.3) is 0 Å². The summed E-state index contributed by atoms with van der Waals surface area (Å²) < 4.78 is 6.10. The van der Waals surface area contributed by atoms with Gasteiger partial charge in [0.25, 0.3) is 0 Å². The highest BCUT2D eigenvalue weighted by Gasteiger charge is 2.08. The molecule has 86 valence electrons. The van der Waals surface area contributed by atoms with Crippen LogP contribution in [-0.2, 0) is 0 Å². The molecule has 0 aliphatic carbocycles. The molecule has 1 aromatic carbocycles. The highest BCUT2D eigenvalue weighted by atomic mass is 79.9. The fourth-order valence-electron chi connectivity index (χ4n) is 1.27. The molecule has 4 heteroatoms. The van der Waals surface area contributed by atoms with Crippen molar-refractivity contribution in [1.82, 2.24) is 4.98 Å². The number of ether oxygens (including phenoxy) is 1. The zero-order valence-corrected chi connectivity index (χ0v) is 10.8. The third-order valence-corrected chi connectivity index (χ3v) is 2.70. The summed E-state index contributed by atoms with van der Waals surface area (Å²) in [6.45, 7) is 1.88. The molecule has 3 nitrogen and oxygen atoms in total. The summed E-state index contributed by atoms with van der Waals surface area (Å²) in [7, 11) is 0. The topological polar surface area (TPSA) is 39.2 Å². The van der Waals surface area contributed by atoms with Gasteiger partial charge in [-0.25, -0.2) is 4.79 Å². The molecule has 0 radical (unpaired) electrons. The highest BCUT2D eigenvalue weighted by molar-refractivity contribution is 9.10. The van der Waals surface area contributed by atoms with Gasteiger partial charge in [0.1, 0.15) is 5.75 Å². The lowest BCUT2D eigenvalue weighted by atomic mass is 10.2. The molecule has 0 amide bonds. The maximum absolute atomic E-state index is 11.7. The van der Waals surface area contributed by atoms with Gasteiger partial charge in [0, 0.05) is 10.2 Å². The first-order valence-corrected chi connectivity index (χ1v) is 5.85. The maximum Gasteiger partial charge on any atom is 0.343 e. The van der Waals surface area contributed by atoms with Crippen molar-refractivity contribution in [3.05, 3.63) is 58.3 Å². The van der Waals surface area contributed by atoms with E-state index in [4.69, 9.17) is 4.74 Å². The summed E-state index contributed by atoms with van der Waals surface area (Å²) in [6, 6.07) is 10.5. The number of hydrogen-bond donors (Lipinski definition) is 0. The minimum atomic E-state index is -0.386. The summed E-state index contributed by atoms with van der Waals surface area (Å²) >= 11 is 3.31. The Hall–Kier alpha value is -1.68. The van der Waals surface area contributed by atoms with Crippen molar-refractivity contribution in [3.63, 3.8) is 0 Å². The molecule has 0 saturated heterocycles. The number of aryl methyl sites for hydroxylation is 1. The van der Waals surface area contributed by atoms with Crippen LogP contribution in [0.2, 0.25) is 0 Å². The molecule has 0 aliphatic heterocycles. The van der Waals surface area contributed by atoms with Gasteiger partial charge in [-0.2, -0.15) is 0 Å². The second-order valence-electron chi connectivity index (χ2n) is 3.53. The number of carbonyl (C=O) groups is 1. The lowest BCUT2D eigenvalue weighted by molar-refractivity contribution is 0.0734. The summed E-state index contributed by atoms with van der Waals surface area (Å²) in [6.07, 6.45) is 1.53. The van der Waals surface area contributed by atoms with Gasteiger partial charge < -0.3 is 4.74 Å². The SMILES string of the molecule is Cc1ccc(OC(=O)c2ccc(Br)cc2)cn1. The molecular weight excluding hydrogens is 282 g/mol. The van der Waals surface area contributed by atoms with Crippen LogP contribution in [0.5, 0.6) is 5.75 Å². The number of nitrogens with zero attached hydrogens (tertiary/aromatic N) is 1. The third kappa shape index (κ3) is 3.14. The first-order chi connectivity index (χ1) is 8.15. The Bertz CT molecular complexity index is 520. The standard InChI is InChI=1S/C13H10BrNO2/c1-9-2-7-12(8-15-9)17-13(16)10-3-5-11(14)6-4-10/h2-8H,1H3. The average Bonchev–Trinajstić information content (AvgIpc) is 2.33. The normalized spacial score (nSPS) is 10.0. The van der Waals surface area contributed by atoms with Crippen molar-refractivity contribution in [1.29, 1.82) is 0 Å². The predicted octanol–water partition coefficient (Wildman–Crippen LogP) is 3.37. The molecule has 0 atom stereocenters. The largest absolute Gasteiger partial charge is 0.421 e. The molecule has 0 N–H and O–H groups in total. The molecule has 17 heavy (non-hydrogen) atoms. The van der Waals surface area contributed by atoms with Gasteiger partial charge in [0.15, 0.2) is 0 Å². The monoisotopic (exact) mass is 291 g/mol. The summed E-state index contributed by atoms with van der Waals surface area (Å²) in [5.41, 5.74) is 1.39. The van der Waals surface area contributed by atoms with Crippen LogP contribution in [0.1, 0.15) is 16.1 Å². The third-order valence-electron chi connectivity index (χ3n) is 2.17. The first-order valence-electron chi connectivity index (χ1n) is 5.05. The Kier molecular flexibility index (Phi) is 3.54. The maximum atomic E-state index is 11.7. The van der Waals surface area contributed by atoms with E-state index in [0.29, 0.717) is 11.3 Å². The van der Waals surface area contributed by atoms with Crippen LogP contribution in [0.4, 0.5) is 0 Å². The molecule has 1 aromatic heterocycles. The first kappa shape index (κ1) is 11.8. The lowest BCUT2D eigenvalue weighted by Crippen LogP contribution is -2.08. The molecule has 0 fully saturated rings. The molecule has 0 saturated carbocycles. The summed E-state index contributed by atoms with van der Waals surface area (Å²) in [5.74, 6) is 0.0617. The summed E-state index contributed by atoms with van der Waals surface area (Å²) in [5, 5.41) is 0. The van der Waals surface area contributed by atoms with Crippen molar-refractivity contribution in [2.24, 2.45) is 0 Å². The minimum Gasteiger partial charge on any atom is -0.421 e. The van der Waals surface area contributed by atoms with Crippen LogP contribution in [0.3, 0.4) is 0 Å². The molecule has 2 aromatic rings. The van der Waals surface area contributed by atoms with Crippen LogP contribution in [-0.4, -0.2) is 11.0 Å². The number of hydrogen-bond acceptors (Lipinski definition) is 3. The van der Waals surface area contributed by atoms with Crippen molar-refractivity contribution in [2.75, 3.05) is 0 Å². The Morgan fingerprint density at radius 1 is 1.18 bits per heavy atom. The minimum absolute atomic E-state index is 0.386. The molecule has 0 unspecified atom stereocenters. The van der Waals surface area contributed by atoms with Crippen molar-refractivity contribution in [3.8, 4) is 5.75 Å². The zero-order chi connectivity index (χ0) is 12.3. The Morgan fingerprint density at radius 2 is 1.88 bits per heavy atom. The number of aromatic nitrogens is 1. The van der Waals surface area contributed by atoms with Crippen LogP contribution >= 0.6 is 15.9 Å². The van der Waals surface area contributed by atoms with Gasteiger partial charge >= 0.3 is 5.97 Å². The van der Waals surface area contributed by atoms with Gasteiger partial charge in [0.2, 0.25) is 0 Å². The van der Waals surface area contributed by atoms with E-state index in [0.717, 1.165) is 10.2 Å². The van der Waals surface area contributed by atoms with E-state index in [-0.39, 0.29) is 5.97 Å². The highest BCUT2D eigenvalue weighted by Crippen LogP contribution is 2.14. The van der Waals surface area contributed by atoms with Crippen LogP contribution in [0, 0.1) is 6.92 Å². The molecular formula is C13H10BrNO2. The molecule has 2 rings (SSSR count). The van der Waals surface area contributed by atoms with Crippen LogP contribution < -0.4 is 4.74 Å². The van der Waals surface area contributed by atoms with Crippen molar-refractivity contribution < 1.29 is 9.53 Å². The van der Waals surface area contributed by atoms with E-state index < -0.39 is 0 Å². The van der Waals surface area contributed by atoms with Crippen LogP contribution in [0.15, 0.2) is 47.1 Å². The van der Waals surface area contributed by atoms with Gasteiger partial charge in [-0.15, -0.1) is 0 Å². The Labute approximate surface area is 108 Å². The van der Waals surface area contributed by atoms with Gasteiger partial charge in [-0.3, -0.25) is 4.98 Å². The Balaban J connectivity index is 2.11.